The Kier molecular flexibility index (Phi) is 2.86. The average molecular weight is 184 g/mol. The van der Waals surface area contributed by atoms with E-state index in [1.807, 2.05) is 0 Å². The Balaban J connectivity index is 1.87. The van der Waals surface area contributed by atoms with Gasteiger partial charge in [-0.05, 0) is 39.3 Å². The van der Waals surface area contributed by atoms with Gasteiger partial charge in [-0.1, -0.05) is 0 Å². The molecule has 0 spiro atoms. The minimum Gasteiger partial charge on any atom is -0.377 e. The summed E-state index contributed by atoms with van der Waals surface area (Å²) in [4.78, 5) is 2.51. The predicted octanol–water partition coefficient (Wildman–Crippen LogP) is 0.587. The van der Waals surface area contributed by atoms with Gasteiger partial charge < -0.3 is 10.5 Å². The van der Waals surface area contributed by atoms with Crippen molar-refractivity contribution in [2.75, 3.05) is 19.7 Å². The zero-order valence-corrected chi connectivity index (χ0v) is 8.41. The quantitative estimate of drug-likeness (QED) is 0.697. The van der Waals surface area contributed by atoms with Crippen molar-refractivity contribution in [2.24, 2.45) is 5.73 Å². The van der Waals surface area contributed by atoms with Crippen molar-refractivity contribution in [3.8, 4) is 0 Å². The molecular formula is C10H20N2O. The molecule has 0 aromatic rings. The fourth-order valence-corrected chi connectivity index (χ4v) is 2.55. The van der Waals surface area contributed by atoms with E-state index in [0.717, 1.165) is 13.0 Å². The van der Waals surface area contributed by atoms with Crippen molar-refractivity contribution in [3.63, 3.8) is 0 Å². The molecule has 13 heavy (non-hydrogen) atoms. The van der Waals surface area contributed by atoms with E-state index < -0.39 is 0 Å². The first-order valence-electron chi connectivity index (χ1n) is 5.44. The number of likely N-dealkylation sites (tertiary alicyclic amines) is 1. The third kappa shape index (κ3) is 1.73. The zero-order valence-electron chi connectivity index (χ0n) is 8.41. The molecule has 0 aromatic carbocycles. The highest BCUT2D eigenvalue weighted by Crippen LogP contribution is 2.30. The molecule has 2 aliphatic rings. The van der Waals surface area contributed by atoms with Crippen molar-refractivity contribution in [3.05, 3.63) is 0 Å². The molecule has 1 heterocycles. The lowest BCUT2D eigenvalue weighted by Gasteiger charge is -2.47. The van der Waals surface area contributed by atoms with Crippen LogP contribution in [-0.2, 0) is 4.74 Å². The van der Waals surface area contributed by atoms with Crippen LogP contribution in [0.5, 0.6) is 0 Å². The van der Waals surface area contributed by atoms with Gasteiger partial charge in [-0.2, -0.15) is 0 Å². The molecule has 2 rings (SSSR count). The molecule has 1 saturated carbocycles. The van der Waals surface area contributed by atoms with Crippen molar-refractivity contribution in [1.29, 1.82) is 0 Å². The molecule has 0 aromatic heterocycles. The van der Waals surface area contributed by atoms with Gasteiger partial charge in [-0.25, -0.2) is 0 Å². The molecule has 3 heteroatoms. The summed E-state index contributed by atoms with van der Waals surface area (Å²) < 4.78 is 5.65. The third-order valence-electron chi connectivity index (χ3n) is 3.27. The van der Waals surface area contributed by atoms with Gasteiger partial charge in [0.05, 0.1) is 12.1 Å². The lowest BCUT2D eigenvalue weighted by molar-refractivity contribution is -0.0733. The molecule has 0 amide bonds. The minimum atomic E-state index is 0.356. The highest BCUT2D eigenvalue weighted by molar-refractivity contribution is 5.01. The molecule has 2 N–H and O–H groups in total. The van der Waals surface area contributed by atoms with E-state index in [1.165, 1.54) is 25.9 Å². The van der Waals surface area contributed by atoms with Gasteiger partial charge >= 0.3 is 0 Å². The molecule has 76 valence electrons. The van der Waals surface area contributed by atoms with Crippen LogP contribution < -0.4 is 5.73 Å². The summed E-state index contributed by atoms with van der Waals surface area (Å²) in [6.45, 7) is 5.33. The normalized spacial score (nSPS) is 40.6. The number of ether oxygens (including phenoxy) is 1. The number of nitrogens with two attached hydrogens (primary N) is 1. The van der Waals surface area contributed by atoms with Crippen LogP contribution >= 0.6 is 0 Å². The summed E-state index contributed by atoms with van der Waals surface area (Å²) in [5, 5.41) is 0. The molecule has 2 fully saturated rings. The van der Waals surface area contributed by atoms with Crippen molar-refractivity contribution in [2.45, 2.75) is 44.4 Å². The van der Waals surface area contributed by atoms with Gasteiger partial charge in [-0.3, -0.25) is 4.90 Å². The van der Waals surface area contributed by atoms with Crippen LogP contribution in [0.25, 0.3) is 0 Å². The van der Waals surface area contributed by atoms with E-state index in [1.54, 1.807) is 0 Å². The van der Waals surface area contributed by atoms with Crippen molar-refractivity contribution >= 4 is 0 Å². The summed E-state index contributed by atoms with van der Waals surface area (Å²) in [6, 6.07) is 0.872. The smallest absolute Gasteiger partial charge is 0.0760 e. The largest absolute Gasteiger partial charge is 0.377 e. The summed E-state index contributed by atoms with van der Waals surface area (Å²) in [6.07, 6.45) is 4.14. The fourth-order valence-electron chi connectivity index (χ4n) is 2.55. The van der Waals surface area contributed by atoms with Crippen LogP contribution in [0, 0.1) is 0 Å². The number of hydrogen-bond acceptors (Lipinski definition) is 3. The second-order valence-electron chi connectivity index (χ2n) is 4.13. The van der Waals surface area contributed by atoms with Crippen molar-refractivity contribution < 1.29 is 4.74 Å². The molecule has 3 nitrogen and oxygen atoms in total. The molecule has 0 bridgehead atoms. The highest BCUT2D eigenvalue weighted by atomic mass is 16.5. The van der Waals surface area contributed by atoms with E-state index in [0.29, 0.717) is 18.2 Å². The van der Waals surface area contributed by atoms with Crippen LogP contribution in [0.3, 0.4) is 0 Å². The SMILES string of the molecule is CCOC1CC(N)C1N1CCCC1. The number of nitrogens with zero attached hydrogens (tertiary/aromatic N) is 1. The maximum Gasteiger partial charge on any atom is 0.0760 e. The Hall–Kier alpha value is -0.120. The van der Waals surface area contributed by atoms with Crippen LogP contribution in [0.2, 0.25) is 0 Å². The van der Waals surface area contributed by atoms with E-state index in [2.05, 4.69) is 11.8 Å². The molecular weight excluding hydrogens is 164 g/mol. The van der Waals surface area contributed by atoms with Gasteiger partial charge in [0.15, 0.2) is 0 Å². The van der Waals surface area contributed by atoms with Gasteiger partial charge in [0, 0.05) is 12.6 Å². The summed E-state index contributed by atoms with van der Waals surface area (Å²) in [5.41, 5.74) is 6.00. The van der Waals surface area contributed by atoms with Crippen LogP contribution in [0.15, 0.2) is 0 Å². The van der Waals surface area contributed by atoms with E-state index in [-0.39, 0.29) is 0 Å². The Morgan fingerprint density at radius 1 is 1.38 bits per heavy atom. The monoisotopic (exact) mass is 184 g/mol. The first-order chi connectivity index (χ1) is 6.33. The first-order valence-corrected chi connectivity index (χ1v) is 5.44. The second kappa shape index (κ2) is 3.95. The lowest BCUT2D eigenvalue weighted by Crippen LogP contribution is -2.64. The van der Waals surface area contributed by atoms with Crippen LogP contribution in [0.4, 0.5) is 0 Å². The topological polar surface area (TPSA) is 38.5 Å². The van der Waals surface area contributed by atoms with Crippen LogP contribution in [-0.4, -0.2) is 42.8 Å². The lowest BCUT2D eigenvalue weighted by atomic mass is 9.82. The van der Waals surface area contributed by atoms with Crippen molar-refractivity contribution in [1.82, 2.24) is 4.90 Å². The zero-order chi connectivity index (χ0) is 9.26. The first kappa shape index (κ1) is 9.44. The van der Waals surface area contributed by atoms with Gasteiger partial charge in [0.2, 0.25) is 0 Å². The second-order valence-corrected chi connectivity index (χ2v) is 4.13. The molecule has 0 radical (unpaired) electrons. The molecule has 3 unspecified atom stereocenters. The Morgan fingerprint density at radius 2 is 2.08 bits per heavy atom. The van der Waals surface area contributed by atoms with Gasteiger partial charge in [-0.15, -0.1) is 0 Å². The molecule has 1 saturated heterocycles. The molecule has 1 aliphatic carbocycles. The Morgan fingerprint density at radius 3 is 2.62 bits per heavy atom. The molecule has 1 aliphatic heterocycles. The highest BCUT2D eigenvalue weighted by Gasteiger charge is 2.43. The average Bonchev–Trinajstić information content (AvgIpc) is 2.56. The maximum atomic E-state index is 6.00. The van der Waals surface area contributed by atoms with Gasteiger partial charge in [0.1, 0.15) is 0 Å². The van der Waals surface area contributed by atoms with E-state index in [4.69, 9.17) is 10.5 Å². The predicted molar refractivity (Wildman–Crippen MR) is 52.6 cm³/mol. The summed E-state index contributed by atoms with van der Waals surface area (Å²) in [7, 11) is 0. The van der Waals surface area contributed by atoms with Crippen LogP contribution in [0.1, 0.15) is 26.2 Å². The van der Waals surface area contributed by atoms with E-state index in [9.17, 15) is 0 Å². The molecule has 3 atom stereocenters. The Labute approximate surface area is 80.2 Å². The standard InChI is InChI=1S/C10H20N2O/c1-2-13-9-7-8(11)10(9)12-5-3-4-6-12/h8-10H,2-7,11H2,1H3. The summed E-state index contributed by atoms with van der Waals surface area (Å²) in [5.74, 6) is 0. The Bertz CT molecular complexity index is 166. The van der Waals surface area contributed by atoms with E-state index >= 15 is 0 Å². The van der Waals surface area contributed by atoms with Gasteiger partial charge in [0.25, 0.3) is 0 Å². The fraction of sp³-hybridized carbons (Fsp3) is 1.00. The minimum absolute atomic E-state index is 0.356. The third-order valence-corrected chi connectivity index (χ3v) is 3.27. The number of hydrogen-bond donors (Lipinski definition) is 1. The maximum absolute atomic E-state index is 6.00. The summed E-state index contributed by atoms with van der Waals surface area (Å²) >= 11 is 0. The number of rotatable bonds is 3.